The summed E-state index contributed by atoms with van der Waals surface area (Å²) in [6.07, 6.45) is 2.01. The van der Waals surface area contributed by atoms with Gasteiger partial charge in [-0.25, -0.2) is 9.67 Å². The molecule has 4 aromatic rings. The minimum atomic E-state index is -0.201. The minimum Gasteiger partial charge on any atom is -0.360 e. The molecule has 0 saturated carbocycles. The van der Waals surface area contributed by atoms with Gasteiger partial charge in [-0.1, -0.05) is 16.8 Å². The predicted molar refractivity (Wildman–Crippen MR) is 114 cm³/mol. The van der Waals surface area contributed by atoms with E-state index >= 15 is 0 Å². The van der Waals surface area contributed by atoms with Crippen LogP contribution < -0.4 is 5.56 Å². The number of hydrogen-bond donors (Lipinski definition) is 0. The lowest BCUT2D eigenvalue weighted by molar-refractivity contribution is 0.158. The van der Waals surface area contributed by atoms with Gasteiger partial charge in [-0.15, -0.1) is 11.3 Å². The molecule has 1 fully saturated rings. The van der Waals surface area contributed by atoms with E-state index in [1.54, 1.807) is 18.3 Å². The van der Waals surface area contributed by atoms with Gasteiger partial charge < -0.3 is 4.52 Å². The fourth-order valence-corrected chi connectivity index (χ4v) is 5.33. The highest BCUT2D eigenvalue weighted by atomic mass is 35.5. The van der Waals surface area contributed by atoms with Crippen LogP contribution in [0, 0.1) is 13.8 Å². The number of hydrogen-bond acceptors (Lipinski definition) is 7. The van der Waals surface area contributed by atoms with Crippen molar-refractivity contribution in [2.24, 2.45) is 0 Å². The first-order valence-electron chi connectivity index (χ1n) is 9.61. The molecule has 29 heavy (non-hydrogen) atoms. The molecule has 3 aromatic heterocycles. The summed E-state index contributed by atoms with van der Waals surface area (Å²) in [6, 6.07) is 5.87. The summed E-state index contributed by atoms with van der Waals surface area (Å²) >= 11 is 7.84. The third kappa shape index (κ3) is 3.35. The van der Waals surface area contributed by atoms with Gasteiger partial charge in [0.15, 0.2) is 5.52 Å². The summed E-state index contributed by atoms with van der Waals surface area (Å²) in [5, 5.41) is 11.0. The fourth-order valence-electron chi connectivity index (χ4n) is 4.04. The van der Waals surface area contributed by atoms with Crippen LogP contribution in [0.25, 0.3) is 21.1 Å². The molecule has 0 unspecified atom stereocenters. The molecular weight excluding hydrogens is 410 g/mol. The molecule has 5 rings (SSSR count). The zero-order valence-electron chi connectivity index (χ0n) is 16.2. The Hall–Kier alpha value is -2.29. The molecule has 0 N–H and O–H groups in total. The van der Waals surface area contributed by atoms with Crippen molar-refractivity contribution < 1.29 is 4.52 Å². The zero-order valence-corrected chi connectivity index (χ0v) is 17.8. The maximum Gasteiger partial charge on any atom is 0.298 e. The highest BCUT2D eigenvalue weighted by Crippen LogP contribution is 2.34. The summed E-state index contributed by atoms with van der Waals surface area (Å²) in [5.74, 6) is 1.07. The number of benzene rings is 1. The molecule has 1 saturated heterocycles. The van der Waals surface area contributed by atoms with Crippen LogP contribution in [0.2, 0.25) is 5.02 Å². The van der Waals surface area contributed by atoms with Crippen LogP contribution >= 0.6 is 22.9 Å². The third-order valence-corrected chi connectivity index (χ3v) is 7.00. The van der Waals surface area contributed by atoms with Gasteiger partial charge in [0.1, 0.15) is 5.76 Å². The molecule has 1 aliphatic rings. The van der Waals surface area contributed by atoms with Crippen molar-refractivity contribution >= 4 is 44.1 Å². The van der Waals surface area contributed by atoms with Crippen LogP contribution in [0.3, 0.4) is 0 Å². The maximum absolute atomic E-state index is 12.7. The van der Waals surface area contributed by atoms with E-state index in [0.717, 1.165) is 47.6 Å². The lowest BCUT2D eigenvalue weighted by Gasteiger charge is -2.30. The van der Waals surface area contributed by atoms with Gasteiger partial charge in [-0.2, -0.15) is 5.10 Å². The van der Waals surface area contributed by atoms with Gasteiger partial charge in [-0.3, -0.25) is 9.69 Å². The molecule has 1 aromatic carbocycles. The van der Waals surface area contributed by atoms with Gasteiger partial charge in [0, 0.05) is 24.0 Å². The average Bonchev–Trinajstić information content (AvgIpc) is 3.30. The number of aromatic nitrogens is 4. The lowest BCUT2D eigenvalue weighted by atomic mass is 9.98. The number of fused-ring (bicyclic) bond motifs is 2. The van der Waals surface area contributed by atoms with Crippen molar-refractivity contribution in [3.63, 3.8) is 0 Å². The molecule has 9 heteroatoms. The van der Waals surface area contributed by atoms with E-state index < -0.39 is 0 Å². The Morgan fingerprint density at radius 3 is 2.86 bits per heavy atom. The number of halogens is 1. The smallest absolute Gasteiger partial charge is 0.298 e. The van der Waals surface area contributed by atoms with E-state index in [0.29, 0.717) is 23.9 Å². The quantitative estimate of drug-likeness (QED) is 0.488. The second-order valence-corrected chi connectivity index (χ2v) is 9.05. The molecule has 0 bridgehead atoms. The number of likely N-dealkylation sites (tertiary alicyclic amines) is 1. The largest absolute Gasteiger partial charge is 0.360 e. The predicted octanol–water partition coefficient (Wildman–Crippen LogP) is 4.10. The molecule has 0 spiro atoms. The van der Waals surface area contributed by atoms with Crippen molar-refractivity contribution in [3.05, 3.63) is 50.0 Å². The third-order valence-electron chi connectivity index (χ3n) is 5.57. The van der Waals surface area contributed by atoms with Crippen LogP contribution in [0.5, 0.6) is 0 Å². The standard InChI is InChI=1S/C20H20ClN5O2S/c1-11-17-12(2)28-24-18(17)20(27)26(23-11)10-25-7-5-13(6-8-25)19-22-15-9-14(21)3-4-16(15)29-19/h3-4,9,13H,5-8,10H2,1-2H3. The van der Waals surface area contributed by atoms with Gasteiger partial charge in [-0.05, 0) is 44.9 Å². The molecule has 150 valence electrons. The molecule has 1 aliphatic heterocycles. The number of piperidine rings is 1. The van der Waals surface area contributed by atoms with Crippen LogP contribution in [-0.2, 0) is 6.67 Å². The van der Waals surface area contributed by atoms with Crippen LogP contribution in [0.4, 0.5) is 0 Å². The molecule has 4 heterocycles. The first-order valence-corrected chi connectivity index (χ1v) is 10.8. The van der Waals surface area contributed by atoms with Crippen LogP contribution in [-0.4, -0.2) is 37.9 Å². The van der Waals surface area contributed by atoms with Crippen LogP contribution in [0.1, 0.15) is 35.2 Å². The Balaban J connectivity index is 1.31. The van der Waals surface area contributed by atoms with Gasteiger partial charge in [0.25, 0.3) is 5.56 Å². The zero-order chi connectivity index (χ0) is 20.1. The summed E-state index contributed by atoms with van der Waals surface area (Å²) in [4.78, 5) is 19.8. The maximum atomic E-state index is 12.7. The minimum absolute atomic E-state index is 0.201. The van der Waals surface area contributed by atoms with Crippen molar-refractivity contribution in [3.8, 4) is 0 Å². The summed E-state index contributed by atoms with van der Waals surface area (Å²) in [6.45, 7) is 5.93. The van der Waals surface area contributed by atoms with E-state index in [1.165, 1.54) is 14.4 Å². The van der Waals surface area contributed by atoms with E-state index in [9.17, 15) is 4.79 Å². The normalized spacial score (nSPS) is 16.2. The summed E-state index contributed by atoms with van der Waals surface area (Å²) in [7, 11) is 0. The van der Waals surface area contributed by atoms with E-state index in [4.69, 9.17) is 21.1 Å². The fraction of sp³-hybridized carbons (Fsp3) is 0.400. The molecule has 0 atom stereocenters. The highest BCUT2D eigenvalue weighted by Gasteiger charge is 2.24. The number of thiazole rings is 1. The Kier molecular flexibility index (Phi) is 4.64. The van der Waals surface area contributed by atoms with Gasteiger partial charge >= 0.3 is 0 Å². The second kappa shape index (κ2) is 7.19. The highest BCUT2D eigenvalue weighted by molar-refractivity contribution is 7.18. The Bertz CT molecular complexity index is 1270. The second-order valence-electron chi connectivity index (χ2n) is 7.55. The van der Waals surface area contributed by atoms with E-state index in [2.05, 4.69) is 15.2 Å². The van der Waals surface area contributed by atoms with Crippen molar-refractivity contribution in [2.75, 3.05) is 13.1 Å². The van der Waals surface area contributed by atoms with Crippen LogP contribution in [0.15, 0.2) is 27.5 Å². The lowest BCUT2D eigenvalue weighted by Crippen LogP contribution is -2.38. The van der Waals surface area contributed by atoms with Crippen molar-refractivity contribution in [1.29, 1.82) is 0 Å². The Labute approximate surface area is 175 Å². The van der Waals surface area contributed by atoms with Crippen molar-refractivity contribution in [2.45, 2.75) is 39.3 Å². The average molecular weight is 430 g/mol. The van der Waals surface area contributed by atoms with E-state index in [-0.39, 0.29) is 5.56 Å². The number of nitrogens with zero attached hydrogens (tertiary/aromatic N) is 5. The summed E-state index contributed by atoms with van der Waals surface area (Å²) in [5.41, 5.74) is 1.90. The Morgan fingerprint density at radius 2 is 2.07 bits per heavy atom. The van der Waals surface area contributed by atoms with Crippen molar-refractivity contribution in [1.82, 2.24) is 24.8 Å². The topological polar surface area (TPSA) is 77.1 Å². The monoisotopic (exact) mass is 429 g/mol. The van der Waals surface area contributed by atoms with Gasteiger partial charge in [0.2, 0.25) is 0 Å². The molecule has 7 nitrogen and oxygen atoms in total. The molecule has 0 radical (unpaired) electrons. The van der Waals surface area contributed by atoms with E-state index in [1.807, 2.05) is 25.1 Å². The summed E-state index contributed by atoms with van der Waals surface area (Å²) < 4.78 is 7.86. The number of aryl methyl sites for hydroxylation is 2. The number of rotatable bonds is 3. The van der Waals surface area contributed by atoms with Gasteiger partial charge in [0.05, 0.1) is 33.0 Å². The molecular formula is C20H20ClN5O2S. The molecule has 0 aliphatic carbocycles. The Morgan fingerprint density at radius 1 is 1.28 bits per heavy atom. The molecule has 0 amide bonds. The first-order chi connectivity index (χ1) is 14.0. The SMILES string of the molecule is Cc1nn(CN2CCC(c3nc4cc(Cl)ccc4s3)CC2)c(=O)c2noc(C)c12. The first kappa shape index (κ1) is 18.7.